The smallest absolute Gasteiger partial charge is 0.335 e. The number of nitrogens with zero attached hydrogens (tertiary/aromatic N) is 2. The summed E-state index contributed by atoms with van der Waals surface area (Å²) in [7, 11) is 0. The first-order valence-electron chi connectivity index (χ1n) is 7.45. The zero-order valence-electron chi connectivity index (χ0n) is 11.8. The first-order chi connectivity index (χ1) is 9.70. The molecule has 1 fully saturated rings. The van der Waals surface area contributed by atoms with Crippen LogP contribution in [-0.4, -0.2) is 20.6 Å². The molecule has 3 rings (SSSR count). The van der Waals surface area contributed by atoms with Crippen LogP contribution in [0.15, 0.2) is 18.2 Å². The van der Waals surface area contributed by atoms with Gasteiger partial charge in [-0.3, -0.25) is 0 Å². The van der Waals surface area contributed by atoms with Crippen LogP contribution in [0, 0.1) is 0 Å². The van der Waals surface area contributed by atoms with E-state index in [9.17, 15) is 4.79 Å². The third kappa shape index (κ3) is 2.19. The molecule has 0 spiro atoms. The number of hydrogen-bond acceptors (Lipinski definition) is 2. The number of carbonyl (C=O) groups is 1. The molecule has 1 aromatic heterocycles. The van der Waals surface area contributed by atoms with Crippen LogP contribution in [0.4, 0.5) is 0 Å². The van der Waals surface area contributed by atoms with Crippen LogP contribution in [0.3, 0.4) is 0 Å². The lowest BCUT2D eigenvalue weighted by Crippen LogP contribution is -2.09. The quantitative estimate of drug-likeness (QED) is 0.921. The maximum atomic E-state index is 11.1. The van der Waals surface area contributed by atoms with Crippen molar-refractivity contribution >= 4 is 17.0 Å². The van der Waals surface area contributed by atoms with Gasteiger partial charge in [-0.2, -0.15) is 0 Å². The molecule has 0 bridgehead atoms. The molecule has 1 aromatic carbocycles. The molecule has 4 heteroatoms. The topological polar surface area (TPSA) is 55.1 Å². The molecule has 1 N–H and O–H groups in total. The summed E-state index contributed by atoms with van der Waals surface area (Å²) in [5.74, 6) is 0.219. The van der Waals surface area contributed by atoms with Gasteiger partial charge in [0.05, 0.1) is 16.6 Å². The van der Waals surface area contributed by atoms with Crippen LogP contribution in [0.1, 0.15) is 61.3 Å². The van der Waals surface area contributed by atoms with Gasteiger partial charge in [-0.25, -0.2) is 9.78 Å². The summed E-state index contributed by atoms with van der Waals surface area (Å²) < 4.78 is 2.36. The molecule has 0 aliphatic heterocycles. The molecule has 0 atom stereocenters. The van der Waals surface area contributed by atoms with Gasteiger partial charge in [0.2, 0.25) is 0 Å². The summed E-state index contributed by atoms with van der Waals surface area (Å²) in [4.78, 5) is 15.8. The molecule has 1 aliphatic rings. The van der Waals surface area contributed by atoms with Crippen LogP contribution in [0.5, 0.6) is 0 Å². The fourth-order valence-corrected chi connectivity index (χ4v) is 3.25. The van der Waals surface area contributed by atoms with E-state index in [1.54, 1.807) is 12.1 Å². The van der Waals surface area contributed by atoms with E-state index >= 15 is 0 Å². The average Bonchev–Trinajstić information content (AvgIpc) is 3.04. The minimum atomic E-state index is -0.889. The normalized spacial score (nSPS) is 16.1. The van der Waals surface area contributed by atoms with E-state index < -0.39 is 5.97 Å². The number of benzene rings is 1. The molecule has 106 valence electrons. The maximum Gasteiger partial charge on any atom is 0.335 e. The Morgan fingerprint density at radius 2 is 2.15 bits per heavy atom. The molecule has 1 heterocycles. The second kappa shape index (κ2) is 5.27. The summed E-state index contributed by atoms with van der Waals surface area (Å²) in [5.41, 5.74) is 2.22. The predicted octanol–water partition coefficient (Wildman–Crippen LogP) is 3.80. The number of carboxylic acids is 1. The second-order valence-corrected chi connectivity index (χ2v) is 5.59. The van der Waals surface area contributed by atoms with Crippen molar-refractivity contribution in [2.75, 3.05) is 0 Å². The first kappa shape index (κ1) is 13.2. The number of aromatic carboxylic acids is 1. The minimum absolute atomic E-state index is 0.316. The van der Waals surface area contributed by atoms with Crippen molar-refractivity contribution in [3.05, 3.63) is 29.6 Å². The number of aryl methyl sites for hydroxylation is 1. The predicted molar refractivity (Wildman–Crippen MR) is 78.2 cm³/mol. The lowest BCUT2D eigenvalue weighted by Gasteiger charge is -2.16. The van der Waals surface area contributed by atoms with Gasteiger partial charge in [-0.05, 0) is 37.5 Å². The van der Waals surface area contributed by atoms with E-state index in [1.807, 2.05) is 6.07 Å². The van der Waals surface area contributed by atoms with Gasteiger partial charge < -0.3 is 9.67 Å². The number of imidazole rings is 1. The number of rotatable bonds is 4. The molecule has 20 heavy (non-hydrogen) atoms. The third-order valence-electron chi connectivity index (χ3n) is 4.17. The van der Waals surface area contributed by atoms with Crippen molar-refractivity contribution in [1.29, 1.82) is 0 Å². The average molecular weight is 272 g/mol. The standard InChI is InChI=1S/C16H20N2O2/c1-2-5-15-17-13-10-11(16(19)20)8-9-14(13)18(15)12-6-3-4-7-12/h8-10,12H,2-7H2,1H3,(H,19,20). The fraction of sp³-hybridized carbons (Fsp3) is 0.500. The lowest BCUT2D eigenvalue weighted by molar-refractivity contribution is 0.0697. The molecule has 1 aliphatic carbocycles. The molecule has 1 saturated carbocycles. The van der Waals surface area contributed by atoms with E-state index in [4.69, 9.17) is 5.11 Å². The van der Waals surface area contributed by atoms with E-state index in [-0.39, 0.29) is 0 Å². The lowest BCUT2D eigenvalue weighted by atomic mass is 10.2. The largest absolute Gasteiger partial charge is 0.478 e. The molecule has 0 amide bonds. The number of carboxylic acid groups (broad SMARTS) is 1. The molecular weight excluding hydrogens is 252 g/mol. The minimum Gasteiger partial charge on any atom is -0.478 e. The van der Waals surface area contributed by atoms with Gasteiger partial charge >= 0.3 is 5.97 Å². The SMILES string of the molecule is CCCc1nc2cc(C(=O)O)ccc2n1C1CCCC1. The van der Waals surface area contributed by atoms with Gasteiger partial charge in [0.1, 0.15) is 5.82 Å². The highest BCUT2D eigenvalue weighted by Gasteiger charge is 2.22. The van der Waals surface area contributed by atoms with Crippen LogP contribution in [-0.2, 0) is 6.42 Å². The Kier molecular flexibility index (Phi) is 3.47. The maximum absolute atomic E-state index is 11.1. The number of fused-ring (bicyclic) bond motifs is 1. The van der Waals surface area contributed by atoms with Gasteiger partial charge in [0, 0.05) is 12.5 Å². The summed E-state index contributed by atoms with van der Waals surface area (Å²) >= 11 is 0. The van der Waals surface area contributed by atoms with E-state index in [0.29, 0.717) is 11.6 Å². The Labute approximate surface area is 118 Å². The summed E-state index contributed by atoms with van der Waals surface area (Å²) in [6, 6.07) is 5.84. The van der Waals surface area contributed by atoms with Crippen molar-refractivity contribution < 1.29 is 9.90 Å². The highest BCUT2D eigenvalue weighted by molar-refractivity contribution is 5.92. The van der Waals surface area contributed by atoms with Crippen LogP contribution in [0.2, 0.25) is 0 Å². The van der Waals surface area contributed by atoms with E-state index in [2.05, 4.69) is 16.5 Å². The highest BCUT2D eigenvalue weighted by atomic mass is 16.4. The van der Waals surface area contributed by atoms with Crippen LogP contribution < -0.4 is 0 Å². The van der Waals surface area contributed by atoms with Gasteiger partial charge in [0.25, 0.3) is 0 Å². The van der Waals surface area contributed by atoms with Crippen LogP contribution >= 0.6 is 0 Å². The van der Waals surface area contributed by atoms with Gasteiger partial charge in [0.15, 0.2) is 0 Å². The monoisotopic (exact) mass is 272 g/mol. The molecule has 0 radical (unpaired) electrons. The van der Waals surface area contributed by atoms with Crippen molar-refractivity contribution in [3.8, 4) is 0 Å². The van der Waals surface area contributed by atoms with Gasteiger partial charge in [-0.1, -0.05) is 19.8 Å². The molecular formula is C16H20N2O2. The van der Waals surface area contributed by atoms with Crippen molar-refractivity contribution in [2.45, 2.75) is 51.5 Å². The van der Waals surface area contributed by atoms with Crippen molar-refractivity contribution in [2.24, 2.45) is 0 Å². The van der Waals surface area contributed by atoms with Crippen LogP contribution in [0.25, 0.3) is 11.0 Å². The van der Waals surface area contributed by atoms with Crippen molar-refractivity contribution in [3.63, 3.8) is 0 Å². The van der Waals surface area contributed by atoms with Crippen molar-refractivity contribution in [1.82, 2.24) is 9.55 Å². The highest BCUT2D eigenvalue weighted by Crippen LogP contribution is 2.34. The Bertz CT molecular complexity index is 639. The number of hydrogen-bond donors (Lipinski definition) is 1. The summed E-state index contributed by atoms with van der Waals surface area (Å²) in [6.45, 7) is 2.15. The molecule has 0 saturated heterocycles. The third-order valence-corrected chi connectivity index (χ3v) is 4.17. The van der Waals surface area contributed by atoms with Gasteiger partial charge in [-0.15, -0.1) is 0 Å². The second-order valence-electron chi connectivity index (χ2n) is 5.59. The first-order valence-corrected chi connectivity index (χ1v) is 7.45. The fourth-order valence-electron chi connectivity index (χ4n) is 3.25. The Hall–Kier alpha value is -1.84. The van der Waals surface area contributed by atoms with E-state index in [0.717, 1.165) is 29.7 Å². The summed E-state index contributed by atoms with van der Waals surface area (Å²) in [6.07, 6.45) is 6.99. The summed E-state index contributed by atoms with van der Waals surface area (Å²) in [5, 5.41) is 9.10. The molecule has 4 nitrogen and oxygen atoms in total. The zero-order valence-corrected chi connectivity index (χ0v) is 11.8. The zero-order chi connectivity index (χ0) is 14.1. The number of aromatic nitrogens is 2. The van der Waals surface area contributed by atoms with E-state index in [1.165, 1.54) is 25.7 Å². The molecule has 2 aromatic rings. The Morgan fingerprint density at radius 1 is 1.40 bits per heavy atom. The molecule has 0 unspecified atom stereocenters. The Balaban J connectivity index is 2.13. The Morgan fingerprint density at radius 3 is 2.80 bits per heavy atom.